The fraction of sp³-hybridized carbons (Fsp3) is 0.118. The summed E-state index contributed by atoms with van der Waals surface area (Å²) in [6.45, 7) is 2.15. The molecule has 1 heterocycles. The predicted molar refractivity (Wildman–Crippen MR) is 75.5 cm³/mol. The number of benzene rings is 2. The van der Waals surface area contributed by atoms with Crippen LogP contribution in [0.4, 0.5) is 0 Å². The molecule has 0 unspecified atom stereocenters. The van der Waals surface area contributed by atoms with Gasteiger partial charge in [0.15, 0.2) is 5.78 Å². The first kappa shape index (κ1) is 11.7. The van der Waals surface area contributed by atoms with Gasteiger partial charge >= 0.3 is 0 Å². The summed E-state index contributed by atoms with van der Waals surface area (Å²) < 4.78 is 5.62. The van der Waals surface area contributed by atoms with E-state index in [-0.39, 0.29) is 5.78 Å². The summed E-state index contributed by atoms with van der Waals surface area (Å²) >= 11 is 0. The maximum Gasteiger partial charge on any atom is 0.159 e. The molecule has 2 nitrogen and oxygen atoms in total. The Morgan fingerprint density at radius 1 is 1.11 bits per heavy atom. The zero-order chi connectivity index (χ0) is 13.2. The molecule has 0 radical (unpaired) electrons. The second-order valence-corrected chi connectivity index (χ2v) is 4.56. The highest BCUT2D eigenvalue weighted by molar-refractivity contribution is 5.96. The van der Waals surface area contributed by atoms with Gasteiger partial charge in [0, 0.05) is 11.1 Å². The normalized spacial score (nSPS) is 13.2. The van der Waals surface area contributed by atoms with E-state index in [0.717, 1.165) is 22.4 Å². The lowest BCUT2D eigenvalue weighted by atomic mass is 9.93. The number of Topliss-reactive ketones (excluding diaryl/α,β-unsaturated/α-hetero) is 1. The van der Waals surface area contributed by atoms with Gasteiger partial charge in [-0.1, -0.05) is 30.3 Å². The van der Waals surface area contributed by atoms with Crippen LogP contribution in [0.2, 0.25) is 0 Å². The average molecular weight is 250 g/mol. The highest BCUT2D eigenvalue weighted by Gasteiger charge is 2.16. The van der Waals surface area contributed by atoms with Crippen LogP contribution in [-0.2, 0) is 0 Å². The second-order valence-electron chi connectivity index (χ2n) is 4.56. The second kappa shape index (κ2) is 4.73. The van der Waals surface area contributed by atoms with E-state index < -0.39 is 0 Å². The zero-order valence-corrected chi connectivity index (χ0v) is 10.7. The minimum absolute atomic E-state index is 0.0702. The standard InChI is InChI=1S/C17H14O2/c1-12(18)14-7-8-17-16(11-14)15(9-10-19-17)13-5-3-2-4-6-13/h2-9,11H,10H2,1H3. The van der Waals surface area contributed by atoms with E-state index in [1.807, 2.05) is 36.4 Å². The molecule has 0 N–H and O–H groups in total. The highest BCUT2D eigenvalue weighted by Crippen LogP contribution is 2.34. The van der Waals surface area contributed by atoms with E-state index in [4.69, 9.17) is 4.74 Å². The number of carbonyl (C=O) groups is 1. The highest BCUT2D eigenvalue weighted by atomic mass is 16.5. The number of fused-ring (bicyclic) bond motifs is 1. The summed E-state index contributed by atoms with van der Waals surface area (Å²) in [5.41, 5.74) is 3.98. The summed E-state index contributed by atoms with van der Waals surface area (Å²) in [5.74, 6) is 0.909. The molecular weight excluding hydrogens is 236 g/mol. The van der Waals surface area contributed by atoms with Crippen molar-refractivity contribution in [1.29, 1.82) is 0 Å². The maximum atomic E-state index is 11.5. The Kier molecular flexibility index (Phi) is 2.92. The van der Waals surface area contributed by atoms with Crippen molar-refractivity contribution in [2.75, 3.05) is 6.61 Å². The van der Waals surface area contributed by atoms with Crippen molar-refractivity contribution in [2.45, 2.75) is 6.92 Å². The van der Waals surface area contributed by atoms with E-state index in [1.54, 1.807) is 6.92 Å². The molecule has 0 bridgehead atoms. The van der Waals surface area contributed by atoms with Gasteiger partial charge in [0.2, 0.25) is 0 Å². The largest absolute Gasteiger partial charge is 0.489 e. The fourth-order valence-corrected chi connectivity index (χ4v) is 2.30. The smallest absolute Gasteiger partial charge is 0.159 e. The topological polar surface area (TPSA) is 26.3 Å². The third kappa shape index (κ3) is 2.17. The molecule has 0 saturated carbocycles. The molecule has 0 amide bonds. The van der Waals surface area contributed by atoms with Crippen molar-refractivity contribution in [3.8, 4) is 5.75 Å². The van der Waals surface area contributed by atoms with Crippen molar-refractivity contribution < 1.29 is 9.53 Å². The zero-order valence-electron chi connectivity index (χ0n) is 10.7. The van der Waals surface area contributed by atoms with Crippen LogP contribution >= 0.6 is 0 Å². The number of ketones is 1. The minimum atomic E-state index is 0.0702. The lowest BCUT2D eigenvalue weighted by Crippen LogP contribution is -2.07. The van der Waals surface area contributed by atoms with Gasteiger partial charge in [0.1, 0.15) is 12.4 Å². The van der Waals surface area contributed by atoms with Crippen LogP contribution in [0.1, 0.15) is 28.4 Å². The summed E-state index contributed by atoms with van der Waals surface area (Å²) in [4.78, 5) is 11.5. The van der Waals surface area contributed by atoms with Gasteiger partial charge < -0.3 is 4.74 Å². The molecule has 0 aromatic heterocycles. The Morgan fingerprint density at radius 3 is 2.63 bits per heavy atom. The van der Waals surface area contributed by atoms with Crippen LogP contribution in [0.5, 0.6) is 5.75 Å². The molecule has 2 aromatic rings. The third-order valence-electron chi connectivity index (χ3n) is 3.29. The van der Waals surface area contributed by atoms with E-state index in [9.17, 15) is 4.79 Å². The van der Waals surface area contributed by atoms with E-state index in [2.05, 4.69) is 18.2 Å². The SMILES string of the molecule is CC(=O)c1ccc2c(c1)C(c1ccccc1)=CCO2. The molecule has 1 aliphatic rings. The molecule has 3 rings (SSSR count). The number of hydrogen-bond donors (Lipinski definition) is 0. The minimum Gasteiger partial charge on any atom is -0.489 e. The van der Waals surface area contributed by atoms with Crippen LogP contribution in [0.25, 0.3) is 5.57 Å². The lowest BCUT2D eigenvalue weighted by Gasteiger charge is -2.19. The van der Waals surface area contributed by atoms with Crippen LogP contribution in [0.3, 0.4) is 0 Å². The number of hydrogen-bond acceptors (Lipinski definition) is 2. The molecular formula is C17H14O2. The molecule has 19 heavy (non-hydrogen) atoms. The first-order chi connectivity index (χ1) is 9.25. The van der Waals surface area contributed by atoms with Crippen molar-refractivity contribution in [3.63, 3.8) is 0 Å². The Hall–Kier alpha value is -2.35. The van der Waals surface area contributed by atoms with Gasteiger partial charge in [-0.05, 0) is 42.3 Å². The van der Waals surface area contributed by atoms with Crippen LogP contribution in [-0.4, -0.2) is 12.4 Å². The monoisotopic (exact) mass is 250 g/mol. The summed E-state index contributed by atoms with van der Waals surface area (Å²) in [6, 6.07) is 15.8. The van der Waals surface area contributed by atoms with Gasteiger partial charge in [-0.2, -0.15) is 0 Å². The Balaban J connectivity index is 2.13. The van der Waals surface area contributed by atoms with E-state index in [0.29, 0.717) is 12.2 Å². The van der Waals surface area contributed by atoms with Gasteiger partial charge in [-0.15, -0.1) is 0 Å². The summed E-state index contributed by atoms with van der Waals surface area (Å²) in [7, 11) is 0. The fourth-order valence-electron chi connectivity index (χ4n) is 2.30. The molecule has 94 valence electrons. The Labute approximate surface area is 112 Å². The lowest BCUT2D eigenvalue weighted by molar-refractivity contribution is 0.101. The predicted octanol–water partition coefficient (Wildman–Crippen LogP) is 3.71. The molecule has 1 aliphatic heterocycles. The quantitative estimate of drug-likeness (QED) is 0.759. The van der Waals surface area contributed by atoms with Gasteiger partial charge in [0.25, 0.3) is 0 Å². The molecule has 2 heteroatoms. The van der Waals surface area contributed by atoms with E-state index >= 15 is 0 Å². The molecule has 0 atom stereocenters. The number of carbonyl (C=O) groups excluding carboxylic acids is 1. The average Bonchev–Trinajstić information content (AvgIpc) is 2.47. The third-order valence-corrected chi connectivity index (χ3v) is 3.29. The van der Waals surface area contributed by atoms with Crippen LogP contribution in [0.15, 0.2) is 54.6 Å². The van der Waals surface area contributed by atoms with Crippen LogP contribution < -0.4 is 4.74 Å². The van der Waals surface area contributed by atoms with E-state index in [1.165, 1.54) is 0 Å². The first-order valence-electron chi connectivity index (χ1n) is 6.29. The molecule has 0 fully saturated rings. The van der Waals surface area contributed by atoms with Crippen molar-refractivity contribution in [3.05, 3.63) is 71.3 Å². The Morgan fingerprint density at radius 2 is 1.89 bits per heavy atom. The molecule has 0 saturated heterocycles. The van der Waals surface area contributed by atoms with Gasteiger partial charge in [-0.25, -0.2) is 0 Å². The number of ether oxygens (including phenoxy) is 1. The van der Waals surface area contributed by atoms with Crippen molar-refractivity contribution in [2.24, 2.45) is 0 Å². The van der Waals surface area contributed by atoms with Crippen LogP contribution in [0, 0.1) is 0 Å². The van der Waals surface area contributed by atoms with Crippen molar-refractivity contribution in [1.82, 2.24) is 0 Å². The van der Waals surface area contributed by atoms with Gasteiger partial charge in [0.05, 0.1) is 0 Å². The molecule has 0 aliphatic carbocycles. The summed E-state index contributed by atoms with van der Waals surface area (Å²) in [5, 5.41) is 0. The first-order valence-corrected chi connectivity index (χ1v) is 6.29. The summed E-state index contributed by atoms with van der Waals surface area (Å²) in [6.07, 6.45) is 2.06. The van der Waals surface area contributed by atoms with Gasteiger partial charge in [-0.3, -0.25) is 4.79 Å². The van der Waals surface area contributed by atoms with Crippen molar-refractivity contribution >= 4 is 11.4 Å². The molecule has 2 aromatic carbocycles. The Bertz CT molecular complexity index is 654. The maximum absolute atomic E-state index is 11.5. The molecule has 0 spiro atoms. The number of rotatable bonds is 2.